The highest BCUT2D eigenvalue weighted by atomic mass is 16.2. The first-order valence-electron chi connectivity index (χ1n) is 7.26. The van der Waals surface area contributed by atoms with E-state index in [4.69, 9.17) is 0 Å². The number of nitrogens with zero attached hydrogens (tertiary/aromatic N) is 3. The molecule has 1 aliphatic rings. The van der Waals surface area contributed by atoms with Gasteiger partial charge in [0.05, 0.1) is 6.54 Å². The number of amides is 1. The van der Waals surface area contributed by atoms with E-state index in [-0.39, 0.29) is 11.7 Å². The summed E-state index contributed by atoms with van der Waals surface area (Å²) in [4.78, 5) is 29.6. The van der Waals surface area contributed by atoms with Crippen LogP contribution >= 0.6 is 0 Å². The maximum Gasteiger partial charge on any atom is 0.254 e. The molecule has 0 bridgehead atoms. The SMILES string of the molecule is CC(=O)CN1CCN(C(=O)c2cccc(N(C)C)c2)CC1. The summed E-state index contributed by atoms with van der Waals surface area (Å²) in [6.45, 7) is 4.97. The molecule has 5 heteroatoms. The first-order valence-corrected chi connectivity index (χ1v) is 7.26. The number of benzene rings is 1. The molecule has 0 saturated carbocycles. The summed E-state index contributed by atoms with van der Waals surface area (Å²) in [5.74, 6) is 0.245. The summed E-state index contributed by atoms with van der Waals surface area (Å²) in [5, 5.41) is 0. The largest absolute Gasteiger partial charge is 0.378 e. The number of ketones is 1. The Morgan fingerprint density at radius 3 is 2.38 bits per heavy atom. The van der Waals surface area contributed by atoms with Gasteiger partial charge in [0.15, 0.2) is 0 Å². The molecule has 114 valence electrons. The Balaban J connectivity index is 1.98. The second kappa shape index (κ2) is 6.72. The monoisotopic (exact) mass is 289 g/mol. The average molecular weight is 289 g/mol. The quantitative estimate of drug-likeness (QED) is 0.832. The number of anilines is 1. The Bertz CT molecular complexity index is 520. The van der Waals surface area contributed by atoms with E-state index in [0.29, 0.717) is 19.6 Å². The van der Waals surface area contributed by atoms with Crippen LogP contribution in [0, 0.1) is 0 Å². The summed E-state index contributed by atoms with van der Waals surface area (Å²) in [5.41, 5.74) is 1.75. The van der Waals surface area contributed by atoms with E-state index in [1.165, 1.54) is 0 Å². The van der Waals surface area contributed by atoms with E-state index in [0.717, 1.165) is 24.3 Å². The zero-order chi connectivity index (χ0) is 15.4. The number of hydrogen-bond donors (Lipinski definition) is 0. The predicted molar refractivity (Wildman–Crippen MR) is 83.8 cm³/mol. The molecule has 0 aliphatic carbocycles. The predicted octanol–water partition coefficient (Wildman–Crippen LogP) is 1.10. The molecule has 0 spiro atoms. The van der Waals surface area contributed by atoms with Crippen molar-refractivity contribution in [2.45, 2.75) is 6.92 Å². The van der Waals surface area contributed by atoms with Gasteiger partial charge in [0.2, 0.25) is 0 Å². The van der Waals surface area contributed by atoms with Crippen LogP contribution in [0.15, 0.2) is 24.3 Å². The smallest absolute Gasteiger partial charge is 0.254 e. The zero-order valence-corrected chi connectivity index (χ0v) is 13.0. The summed E-state index contributed by atoms with van der Waals surface area (Å²) in [6.07, 6.45) is 0. The van der Waals surface area contributed by atoms with Gasteiger partial charge in [-0.2, -0.15) is 0 Å². The van der Waals surface area contributed by atoms with Crippen molar-refractivity contribution in [3.05, 3.63) is 29.8 Å². The van der Waals surface area contributed by atoms with Gasteiger partial charge >= 0.3 is 0 Å². The molecule has 0 aromatic heterocycles. The summed E-state index contributed by atoms with van der Waals surface area (Å²) >= 11 is 0. The van der Waals surface area contributed by atoms with Crippen molar-refractivity contribution in [1.29, 1.82) is 0 Å². The molecule has 1 aliphatic heterocycles. The molecule has 1 saturated heterocycles. The van der Waals surface area contributed by atoms with Gasteiger partial charge in [-0.25, -0.2) is 0 Å². The lowest BCUT2D eigenvalue weighted by molar-refractivity contribution is -0.118. The topological polar surface area (TPSA) is 43.9 Å². The minimum atomic E-state index is 0.0705. The lowest BCUT2D eigenvalue weighted by Gasteiger charge is -2.34. The van der Waals surface area contributed by atoms with E-state index in [9.17, 15) is 9.59 Å². The average Bonchev–Trinajstić information content (AvgIpc) is 2.47. The highest BCUT2D eigenvalue weighted by Crippen LogP contribution is 2.16. The van der Waals surface area contributed by atoms with Crippen LogP contribution in [0.2, 0.25) is 0 Å². The second-order valence-electron chi connectivity index (χ2n) is 5.72. The number of carbonyl (C=O) groups is 2. The van der Waals surface area contributed by atoms with E-state index in [1.807, 2.05) is 48.2 Å². The van der Waals surface area contributed by atoms with Gasteiger partial charge in [0, 0.05) is 51.5 Å². The molecule has 5 nitrogen and oxygen atoms in total. The second-order valence-corrected chi connectivity index (χ2v) is 5.72. The fourth-order valence-electron chi connectivity index (χ4n) is 2.52. The minimum Gasteiger partial charge on any atom is -0.378 e. The van der Waals surface area contributed by atoms with Crippen molar-refractivity contribution in [3.63, 3.8) is 0 Å². The third-order valence-corrected chi connectivity index (χ3v) is 3.72. The van der Waals surface area contributed by atoms with Gasteiger partial charge in [-0.3, -0.25) is 14.5 Å². The van der Waals surface area contributed by atoms with E-state index < -0.39 is 0 Å². The molecule has 1 fully saturated rings. The third-order valence-electron chi connectivity index (χ3n) is 3.72. The number of hydrogen-bond acceptors (Lipinski definition) is 4. The van der Waals surface area contributed by atoms with Crippen LogP contribution < -0.4 is 4.90 Å². The molecule has 2 rings (SSSR count). The number of piperazine rings is 1. The van der Waals surface area contributed by atoms with Crippen LogP contribution in [-0.4, -0.2) is 68.3 Å². The van der Waals surface area contributed by atoms with Crippen molar-refractivity contribution in [1.82, 2.24) is 9.80 Å². The first-order chi connectivity index (χ1) is 9.97. The Morgan fingerprint density at radius 2 is 1.81 bits per heavy atom. The molecule has 1 amide bonds. The van der Waals surface area contributed by atoms with Crippen LogP contribution in [0.25, 0.3) is 0 Å². The Kier molecular flexibility index (Phi) is 4.96. The van der Waals surface area contributed by atoms with Crippen LogP contribution in [-0.2, 0) is 4.79 Å². The van der Waals surface area contributed by atoms with Crippen LogP contribution in [0.4, 0.5) is 5.69 Å². The molecular formula is C16H23N3O2. The molecular weight excluding hydrogens is 266 g/mol. The molecule has 0 N–H and O–H groups in total. The van der Waals surface area contributed by atoms with Gasteiger partial charge in [-0.05, 0) is 25.1 Å². The molecule has 0 radical (unpaired) electrons. The fourth-order valence-corrected chi connectivity index (χ4v) is 2.52. The van der Waals surface area contributed by atoms with E-state index >= 15 is 0 Å². The number of Topliss-reactive ketones (excluding diaryl/α,β-unsaturated/α-hetero) is 1. The van der Waals surface area contributed by atoms with Crippen molar-refractivity contribution >= 4 is 17.4 Å². The normalized spacial score (nSPS) is 15.9. The van der Waals surface area contributed by atoms with Crippen molar-refractivity contribution in [2.24, 2.45) is 0 Å². The van der Waals surface area contributed by atoms with Crippen molar-refractivity contribution < 1.29 is 9.59 Å². The van der Waals surface area contributed by atoms with Crippen molar-refractivity contribution in [2.75, 3.05) is 51.7 Å². The summed E-state index contributed by atoms with van der Waals surface area (Å²) in [7, 11) is 3.92. The molecule has 1 aromatic rings. The number of carbonyl (C=O) groups excluding carboxylic acids is 2. The van der Waals surface area contributed by atoms with Crippen molar-refractivity contribution in [3.8, 4) is 0 Å². The third kappa shape index (κ3) is 4.04. The fraction of sp³-hybridized carbons (Fsp3) is 0.500. The van der Waals surface area contributed by atoms with E-state index in [2.05, 4.69) is 4.90 Å². The van der Waals surface area contributed by atoms with Gasteiger partial charge in [-0.15, -0.1) is 0 Å². The van der Waals surface area contributed by atoms with Gasteiger partial charge in [0.1, 0.15) is 5.78 Å². The zero-order valence-electron chi connectivity index (χ0n) is 13.0. The molecule has 0 unspecified atom stereocenters. The van der Waals surface area contributed by atoms with Crippen LogP contribution in [0.5, 0.6) is 0 Å². The van der Waals surface area contributed by atoms with Gasteiger partial charge < -0.3 is 9.80 Å². The Labute approximate surface area is 126 Å². The maximum atomic E-state index is 12.5. The first kappa shape index (κ1) is 15.5. The Hall–Kier alpha value is -1.88. The number of rotatable bonds is 4. The lowest BCUT2D eigenvalue weighted by Crippen LogP contribution is -2.49. The van der Waals surface area contributed by atoms with Crippen LogP contribution in [0.3, 0.4) is 0 Å². The van der Waals surface area contributed by atoms with Crippen LogP contribution in [0.1, 0.15) is 17.3 Å². The highest BCUT2D eigenvalue weighted by Gasteiger charge is 2.22. The lowest BCUT2D eigenvalue weighted by atomic mass is 10.1. The summed E-state index contributed by atoms with van der Waals surface area (Å²) in [6, 6.07) is 7.68. The maximum absolute atomic E-state index is 12.5. The molecule has 1 aromatic carbocycles. The van der Waals surface area contributed by atoms with E-state index in [1.54, 1.807) is 6.92 Å². The Morgan fingerprint density at radius 1 is 1.14 bits per heavy atom. The molecule has 0 atom stereocenters. The highest BCUT2D eigenvalue weighted by molar-refractivity contribution is 5.95. The summed E-state index contributed by atoms with van der Waals surface area (Å²) < 4.78 is 0. The molecule has 1 heterocycles. The van der Waals surface area contributed by atoms with Gasteiger partial charge in [-0.1, -0.05) is 6.07 Å². The van der Waals surface area contributed by atoms with Gasteiger partial charge in [0.25, 0.3) is 5.91 Å². The minimum absolute atomic E-state index is 0.0705. The molecule has 21 heavy (non-hydrogen) atoms. The standard InChI is InChI=1S/C16H23N3O2/c1-13(20)12-18-7-9-19(10-8-18)16(21)14-5-4-6-15(11-14)17(2)3/h4-6,11H,7-10,12H2,1-3H3.